The standard InChI is InChI=1S/C11H17N3O3/c1-11(2,3)17-10(16)14-5-8-4-13-9(7-15)6-12-8/h4,6,15H,5,7H2,1-3H3,(H,14,16). The van der Waals surface area contributed by atoms with Crippen LogP contribution in [0.3, 0.4) is 0 Å². The Morgan fingerprint density at radius 1 is 1.35 bits per heavy atom. The second-order valence-corrected chi connectivity index (χ2v) is 4.51. The van der Waals surface area contributed by atoms with Crippen LogP contribution in [0.15, 0.2) is 12.4 Å². The smallest absolute Gasteiger partial charge is 0.407 e. The summed E-state index contributed by atoms with van der Waals surface area (Å²) in [6, 6.07) is 0. The van der Waals surface area contributed by atoms with Gasteiger partial charge in [-0.15, -0.1) is 0 Å². The molecule has 0 aromatic carbocycles. The van der Waals surface area contributed by atoms with Crippen molar-refractivity contribution in [3.63, 3.8) is 0 Å². The minimum atomic E-state index is -0.517. The number of hydrogen-bond donors (Lipinski definition) is 2. The van der Waals surface area contributed by atoms with E-state index in [1.165, 1.54) is 12.4 Å². The summed E-state index contributed by atoms with van der Waals surface area (Å²) >= 11 is 0. The Kier molecular flexibility index (Phi) is 4.39. The van der Waals surface area contributed by atoms with Gasteiger partial charge in [0.15, 0.2) is 0 Å². The topological polar surface area (TPSA) is 84.3 Å². The molecule has 6 nitrogen and oxygen atoms in total. The first-order chi connectivity index (χ1) is 7.90. The summed E-state index contributed by atoms with van der Waals surface area (Å²) in [5, 5.41) is 11.3. The van der Waals surface area contributed by atoms with Crippen molar-refractivity contribution in [2.45, 2.75) is 39.5 Å². The number of carbonyl (C=O) groups is 1. The van der Waals surface area contributed by atoms with Gasteiger partial charge in [0.25, 0.3) is 0 Å². The molecule has 0 unspecified atom stereocenters. The molecule has 1 aromatic heterocycles. The van der Waals surface area contributed by atoms with E-state index in [0.29, 0.717) is 11.4 Å². The van der Waals surface area contributed by atoms with Gasteiger partial charge in [-0.1, -0.05) is 0 Å². The van der Waals surface area contributed by atoms with Crippen molar-refractivity contribution in [1.82, 2.24) is 15.3 Å². The molecule has 0 spiro atoms. The molecular formula is C11H17N3O3. The first kappa shape index (κ1) is 13.4. The van der Waals surface area contributed by atoms with E-state index >= 15 is 0 Å². The number of rotatable bonds is 3. The zero-order chi connectivity index (χ0) is 12.9. The van der Waals surface area contributed by atoms with E-state index in [1.54, 1.807) is 20.8 Å². The molecule has 0 atom stereocenters. The molecule has 1 rings (SSSR count). The molecule has 0 saturated carbocycles. The number of ether oxygens (including phenoxy) is 1. The Bertz CT molecular complexity index is 371. The van der Waals surface area contributed by atoms with E-state index < -0.39 is 11.7 Å². The third-order valence-electron chi connectivity index (χ3n) is 1.73. The van der Waals surface area contributed by atoms with E-state index in [0.717, 1.165) is 0 Å². The molecule has 1 amide bonds. The highest BCUT2D eigenvalue weighted by Crippen LogP contribution is 2.06. The van der Waals surface area contributed by atoms with Crippen LogP contribution in [-0.4, -0.2) is 26.8 Å². The van der Waals surface area contributed by atoms with Crippen LogP contribution in [-0.2, 0) is 17.9 Å². The number of hydrogen-bond acceptors (Lipinski definition) is 5. The molecule has 94 valence electrons. The maximum Gasteiger partial charge on any atom is 0.407 e. The van der Waals surface area contributed by atoms with Crippen molar-refractivity contribution in [3.05, 3.63) is 23.8 Å². The summed E-state index contributed by atoms with van der Waals surface area (Å²) in [5.74, 6) is 0. The van der Waals surface area contributed by atoms with Crippen molar-refractivity contribution in [2.75, 3.05) is 0 Å². The van der Waals surface area contributed by atoms with Crippen molar-refractivity contribution in [2.24, 2.45) is 0 Å². The predicted molar refractivity (Wildman–Crippen MR) is 61.0 cm³/mol. The highest BCUT2D eigenvalue weighted by molar-refractivity contribution is 5.67. The zero-order valence-electron chi connectivity index (χ0n) is 10.2. The second-order valence-electron chi connectivity index (χ2n) is 4.51. The van der Waals surface area contributed by atoms with Crippen molar-refractivity contribution < 1.29 is 14.6 Å². The largest absolute Gasteiger partial charge is 0.444 e. The minimum Gasteiger partial charge on any atom is -0.444 e. The molecule has 17 heavy (non-hydrogen) atoms. The van der Waals surface area contributed by atoms with Gasteiger partial charge in [-0.3, -0.25) is 9.97 Å². The lowest BCUT2D eigenvalue weighted by Crippen LogP contribution is -2.32. The van der Waals surface area contributed by atoms with E-state index in [1.807, 2.05) is 0 Å². The number of amides is 1. The maximum absolute atomic E-state index is 11.3. The molecule has 0 aliphatic rings. The van der Waals surface area contributed by atoms with Crippen LogP contribution in [0.2, 0.25) is 0 Å². The summed E-state index contributed by atoms with van der Waals surface area (Å²) < 4.78 is 5.07. The van der Waals surface area contributed by atoms with Crippen LogP contribution in [0, 0.1) is 0 Å². The van der Waals surface area contributed by atoms with Crippen LogP contribution < -0.4 is 5.32 Å². The number of aliphatic hydroxyl groups excluding tert-OH is 1. The minimum absolute atomic E-state index is 0.146. The molecule has 0 aliphatic carbocycles. The predicted octanol–water partition coefficient (Wildman–Crippen LogP) is 0.994. The molecule has 1 heterocycles. The van der Waals surface area contributed by atoms with Gasteiger partial charge in [0.2, 0.25) is 0 Å². The molecule has 0 radical (unpaired) electrons. The van der Waals surface area contributed by atoms with Gasteiger partial charge in [-0.2, -0.15) is 0 Å². The highest BCUT2D eigenvalue weighted by atomic mass is 16.6. The Morgan fingerprint density at radius 2 is 1.94 bits per heavy atom. The highest BCUT2D eigenvalue weighted by Gasteiger charge is 2.15. The second kappa shape index (κ2) is 5.58. The summed E-state index contributed by atoms with van der Waals surface area (Å²) in [6.07, 6.45) is 2.47. The average Bonchev–Trinajstić information content (AvgIpc) is 2.25. The van der Waals surface area contributed by atoms with Crippen molar-refractivity contribution in [3.8, 4) is 0 Å². The number of nitrogens with zero attached hydrogens (tertiary/aromatic N) is 2. The molecule has 0 fully saturated rings. The van der Waals surface area contributed by atoms with Gasteiger partial charge in [0.05, 0.1) is 36.9 Å². The first-order valence-electron chi connectivity index (χ1n) is 5.28. The molecule has 1 aromatic rings. The SMILES string of the molecule is CC(C)(C)OC(=O)NCc1cnc(CO)cn1. The van der Waals surface area contributed by atoms with Crippen LogP contribution >= 0.6 is 0 Å². The quantitative estimate of drug-likeness (QED) is 0.821. The Hall–Kier alpha value is -1.69. The Labute approximate surface area is 100 Å². The maximum atomic E-state index is 11.3. The summed E-state index contributed by atoms with van der Waals surface area (Å²) in [7, 11) is 0. The van der Waals surface area contributed by atoms with Gasteiger partial charge < -0.3 is 15.2 Å². The fourth-order valence-electron chi connectivity index (χ4n) is 1.03. The Balaban J connectivity index is 2.42. The van der Waals surface area contributed by atoms with Crippen LogP contribution in [0.5, 0.6) is 0 Å². The van der Waals surface area contributed by atoms with Gasteiger partial charge in [0, 0.05) is 0 Å². The number of alkyl carbamates (subject to hydrolysis) is 1. The lowest BCUT2D eigenvalue weighted by Gasteiger charge is -2.19. The van der Waals surface area contributed by atoms with Crippen molar-refractivity contribution in [1.29, 1.82) is 0 Å². The van der Waals surface area contributed by atoms with Gasteiger partial charge in [-0.25, -0.2) is 4.79 Å². The van der Waals surface area contributed by atoms with E-state index in [-0.39, 0.29) is 13.2 Å². The fourth-order valence-corrected chi connectivity index (χ4v) is 1.03. The molecular weight excluding hydrogens is 222 g/mol. The number of nitrogens with one attached hydrogen (secondary N) is 1. The summed E-state index contributed by atoms with van der Waals surface area (Å²) in [6.45, 7) is 5.48. The molecule has 6 heteroatoms. The van der Waals surface area contributed by atoms with Gasteiger partial charge in [-0.05, 0) is 20.8 Å². The van der Waals surface area contributed by atoms with Crippen LogP contribution in [0.1, 0.15) is 32.2 Å². The van der Waals surface area contributed by atoms with Gasteiger partial charge in [0.1, 0.15) is 5.60 Å². The first-order valence-corrected chi connectivity index (χ1v) is 5.28. The van der Waals surface area contributed by atoms with Crippen molar-refractivity contribution >= 4 is 6.09 Å². The van der Waals surface area contributed by atoms with E-state index in [4.69, 9.17) is 9.84 Å². The summed E-state index contributed by atoms with van der Waals surface area (Å²) in [4.78, 5) is 19.3. The number of carbonyl (C=O) groups excluding carboxylic acids is 1. The molecule has 0 saturated heterocycles. The normalized spacial score (nSPS) is 11.1. The Morgan fingerprint density at radius 3 is 2.41 bits per heavy atom. The van der Waals surface area contributed by atoms with Crippen LogP contribution in [0.4, 0.5) is 4.79 Å². The third-order valence-corrected chi connectivity index (χ3v) is 1.73. The van der Waals surface area contributed by atoms with Gasteiger partial charge >= 0.3 is 6.09 Å². The average molecular weight is 239 g/mol. The third kappa shape index (κ3) is 5.26. The molecule has 0 aliphatic heterocycles. The fraction of sp³-hybridized carbons (Fsp3) is 0.545. The number of aromatic nitrogens is 2. The molecule has 0 bridgehead atoms. The summed E-state index contributed by atoms with van der Waals surface area (Å²) in [5.41, 5.74) is 0.579. The number of aliphatic hydroxyl groups is 1. The zero-order valence-corrected chi connectivity index (χ0v) is 10.2. The monoisotopic (exact) mass is 239 g/mol. The lowest BCUT2D eigenvalue weighted by molar-refractivity contribution is 0.0523. The molecule has 2 N–H and O–H groups in total. The van der Waals surface area contributed by atoms with E-state index in [9.17, 15) is 4.79 Å². The lowest BCUT2D eigenvalue weighted by atomic mass is 10.2. The van der Waals surface area contributed by atoms with E-state index in [2.05, 4.69) is 15.3 Å². The van der Waals surface area contributed by atoms with Crippen LogP contribution in [0.25, 0.3) is 0 Å².